The summed E-state index contributed by atoms with van der Waals surface area (Å²) >= 11 is 0. The van der Waals surface area contributed by atoms with Crippen LogP contribution >= 0.6 is 0 Å². The fourth-order valence-electron chi connectivity index (χ4n) is 4.88. The first-order chi connectivity index (χ1) is 13.2. The Morgan fingerprint density at radius 2 is 2.11 bits per heavy atom. The van der Waals surface area contributed by atoms with Crippen molar-refractivity contribution in [3.05, 3.63) is 58.7 Å². The van der Waals surface area contributed by atoms with E-state index in [-0.39, 0.29) is 0 Å². The van der Waals surface area contributed by atoms with Gasteiger partial charge in [-0.05, 0) is 61.6 Å². The highest BCUT2D eigenvalue weighted by Crippen LogP contribution is 2.42. The molecule has 0 radical (unpaired) electrons. The topological polar surface area (TPSA) is 34.0 Å². The summed E-state index contributed by atoms with van der Waals surface area (Å²) < 4.78 is 15.1. The van der Waals surface area contributed by atoms with E-state index >= 15 is 0 Å². The Balaban J connectivity index is 1.53. The minimum absolute atomic E-state index is 0.501. The van der Waals surface area contributed by atoms with Gasteiger partial charge in [0, 0.05) is 49.0 Å². The van der Waals surface area contributed by atoms with Crippen LogP contribution in [-0.2, 0) is 26.1 Å². The van der Waals surface area contributed by atoms with Crippen molar-refractivity contribution in [1.82, 2.24) is 19.4 Å². The van der Waals surface area contributed by atoms with Crippen molar-refractivity contribution < 1.29 is 4.39 Å². The highest BCUT2D eigenvalue weighted by Gasteiger charge is 2.35. The van der Waals surface area contributed by atoms with Crippen molar-refractivity contribution in [1.29, 1.82) is 0 Å². The van der Waals surface area contributed by atoms with E-state index in [1.807, 2.05) is 18.5 Å². The van der Waals surface area contributed by atoms with E-state index in [9.17, 15) is 4.39 Å². The molecule has 5 heterocycles. The fraction of sp³-hybridized carbons (Fsp3) is 0.455. The minimum Gasteiger partial charge on any atom is -0.329 e. The maximum Gasteiger partial charge on any atom is 0.140 e. The number of nitrogens with zero attached hydrogens (tertiary/aromatic N) is 4. The first kappa shape index (κ1) is 16.9. The van der Waals surface area contributed by atoms with Gasteiger partial charge < -0.3 is 4.57 Å². The van der Waals surface area contributed by atoms with Crippen molar-refractivity contribution in [3.63, 3.8) is 0 Å². The Bertz CT molecular complexity index is 976. The fourth-order valence-corrected chi connectivity index (χ4v) is 4.88. The van der Waals surface area contributed by atoms with Crippen molar-refractivity contribution >= 4 is 11.0 Å². The average molecular weight is 364 g/mol. The minimum atomic E-state index is -0.503. The van der Waals surface area contributed by atoms with Gasteiger partial charge in [0.1, 0.15) is 12.3 Å². The van der Waals surface area contributed by atoms with Crippen LogP contribution in [0, 0.1) is 6.92 Å². The molecule has 5 rings (SSSR count). The predicted octanol–water partition coefficient (Wildman–Crippen LogP) is 4.14. The van der Waals surface area contributed by atoms with Gasteiger partial charge in [-0.15, -0.1) is 0 Å². The second-order valence-corrected chi connectivity index (χ2v) is 7.88. The third kappa shape index (κ3) is 2.85. The third-order valence-corrected chi connectivity index (χ3v) is 6.17. The molecule has 5 heteroatoms. The quantitative estimate of drug-likeness (QED) is 0.698. The molecular weight excluding hydrogens is 339 g/mol. The molecular formula is C22H25FN4. The summed E-state index contributed by atoms with van der Waals surface area (Å²) in [6, 6.07) is 6.66. The maximum absolute atomic E-state index is 12.7. The van der Waals surface area contributed by atoms with Crippen LogP contribution in [0.3, 0.4) is 0 Å². The summed E-state index contributed by atoms with van der Waals surface area (Å²) in [5, 5.41) is 1.34. The van der Waals surface area contributed by atoms with Crippen molar-refractivity contribution in [2.45, 2.75) is 51.9 Å². The molecule has 0 N–H and O–H groups in total. The predicted molar refractivity (Wildman–Crippen MR) is 104 cm³/mol. The Hall–Kier alpha value is -2.27. The summed E-state index contributed by atoms with van der Waals surface area (Å²) in [6.07, 6.45) is 8.33. The molecule has 3 aromatic rings. The van der Waals surface area contributed by atoms with E-state index in [4.69, 9.17) is 4.98 Å². The molecule has 0 saturated carbocycles. The third-order valence-electron chi connectivity index (χ3n) is 6.17. The highest BCUT2D eigenvalue weighted by atomic mass is 19.1. The Morgan fingerprint density at radius 3 is 2.93 bits per heavy atom. The van der Waals surface area contributed by atoms with Crippen LogP contribution in [0.25, 0.3) is 11.0 Å². The number of aromatic nitrogens is 3. The van der Waals surface area contributed by atoms with Gasteiger partial charge >= 0.3 is 0 Å². The van der Waals surface area contributed by atoms with Gasteiger partial charge in [0.05, 0.1) is 5.69 Å². The Morgan fingerprint density at radius 1 is 1.19 bits per heavy atom. The lowest BCUT2D eigenvalue weighted by molar-refractivity contribution is 0.242. The highest BCUT2D eigenvalue weighted by molar-refractivity contribution is 5.84. The van der Waals surface area contributed by atoms with Gasteiger partial charge in [0.25, 0.3) is 0 Å². The van der Waals surface area contributed by atoms with E-state index in [1.165, 1.54) is 41.6 Å². The number of halogens is 1. The lowest BCUT2D eigenvalue weighted by atomic mass is 9.96. The maximum atomic E-state index is 12.7. The molecule has 1 saturated heterocycles. The first-order valence-electron chi connectivity index (χ1n) is 9.96. The number of alkyl halides is 1. The molecule has 0 aromatic carbocycles. The molecule has 0 amide bonds. The monoisotopic (exact) mass is 364 g/mol. The molecule has 0 aliphatic carbocycles. The summed E-state index contributed by atoms with van der Waals surface area (Å²) in [6.45, 7) is 4.90. The zero-order valence-electron chi connectivity index (χ0n) is 15.8. The lowest BCUT2D eigenvalue weighted by Gasteiger charge is -2.31. The van der Waals surface area contributed by atoms with Crippen LogP contribution in [0.4, 0.5) is 4.39 Å². The smallest absolute Gasteiger partial charge is 0.140 e. The largest absolute Gasteiger partial charge is 0.329 e. The molecule has 2 aliphatic heterocycles. The standard InChI is InChI=1S/C22H25FN4/c1-15-11-18-21-19-3-2-8-26(19)9-7-20(21)27(22(18)25-13-15)10-6-16-4-5-17(12-23)24-14-16/h4-5,11,13-14,19H,2-3,6-10,12H2,1H3. The van der Waals surface area contributed by atoms with Crippen molar-refractivity contribution in [2.75, 3.05) is 13.1 Å². The second kappa shape index (κ2) is 6.71. The molecule has 1 fully saturated rings. The van der Waals surface area contributed by atoms with E-state index in [0.29, 0.717) is 11.7 Å². The average Bonchev–Trinajstić information content (AvgIpc) is 3.28. The molecule has 1 unspecified atom stereocenters. The van der Waals surface area contributed by atoms with Crippen molar-refractivity contribution in [2.24, 2.45) is 0 Å². The molecule has 1 atom stereocenters. The summed E-state index contributed by atoms with van der Waals surface area (Å²) in [5.41, 5.74) is 6.99. The van der Waals surface area contributed by atoms with Gasteiger partial charge in [0.15, 0.2) is 0 Å². The van der Waals surface area contributed by atoms with Gasteiger partial charge in [0.2, 0.25) is 0 Å². The second-order valence-electron chi connectivity index (χ2n) is 7.88. The van der Waals surface area contributed by atoms with Crippen LogP contribution in [-0.4, -0.2) is 32.5 Å². The van der Waals surface area contributed by atoms with Crippen LogP contribution in [0.5, 0.6) is 0 Å². The van der Waals surface area contributed by atoms with E-state index in [1.54, 1.807) is 6.07 Å². The molecule has 0 bridgehead atoms. The number of fused-ring (bicyclic) bond motifs is 5. The molecule has 27 heavy (non-hydrogen) atoms. The van der Waals surface area contributed by atoms with E-state index < -0.39 is 6.67 Å². The van der Waals surface area contributed by atoms with Crippen LogP contribution in [0.15, 0.2) is 30.6 Å². The lowest BCUT2D eigenvalue weighted by Crippen LogP contribution is -2.31. The molecule has 140 valence electrons. The summed E-state index contributed by atoms with van der Waals surface area (Å²) in [5.74, 6) is 0. The van der Waals surface area contributed by atoms with Crippen molar-refractivity contribution in [3.8, 4) is 0 Å². The van der Waals surface area contributed by atoms with Gasteiger partial charge in [-0.1, -0.05) is 6.07 Å². The summed E-state index contributed by atoms with van der Waals surface area (Å²) in [4.78, 5) is 11.7. The number of rotatable bonds is 4. The zero-order chi connectivity index (χ0) is 18.4. The van der Waals surface area contributed by atoms with Gasteiger partial charge in [-0.3, -0.25) is 9.88 Å². The molecule has 4 nitrogen and oxygen atoms in total. The van der Waals surface area contributed by atoms with Gasteiger partial charge in [-0.2, -0.15) is 0 Å². The van der Waals surface area contributed by atoms with Crippen LogP contribution in [0.2, 0.25) is 0 Å². The zero-order valence-corrected chi connectivity index (χ0v) is 15.8. The van der Waals surface area contributed by atoms with Crippen LogP contribution in [0.1, 0.15) is 47.0 Å². The molecule has 3 aromatic heterocycles. The number of hydrogen-bond donors (Lipinski definition) is 0. The number of hydrogen-bond acceptors (Lipinski definition) is 3. The number of aryl methyl sites for hydroxylation is 3. The Labute approximate surface area is 159 Å². The Kier molecular flexibility index (Phi) is 4.20. The van der Waals surface area contributed by atoms with E-state index in [0.717, 1.165) is 37.1 Å². The normalized spacial score (nSPS) is 19.4. The SMILES string of the molecule is Cc1cnc2c(c1)c1c(n2CCc2ccc(CF)nc2)CCN2CCCC12. The number of pyridine rings is 2. The summed E-state index contributed by atoms with van der Waals surface area (Å²) in [7, 11) is 0. The van der Waals surface area contributed by atoms with Gasteiger partial charge in [-0.25, -0.2) is 9.37 Å². The molecule has 2 aliphatic rings. The molecule has 0 spiro atoms. The van der Waals surface area contributed by atoms with E-state index in [2.05, 4.69) is 27.4 Å². The van der Waals surface area contributed by atoms with Crippen LogP contribution < -0.4 is 0 Å². The first-order valence-corrected chi connectivity index (χ1v) is 9.96.